The van der Waals surface area contributed by atoms with Crippen molar-refractivity contribution in [3.8, 4) is 11.3 Å². The molecule has 0 aliphatic carbocycles. The van der Waals surface area contributed by atoms with Crippen molar-refractivity contribution in [2.75, 3.05) is 26.3 Å². The third-order valence-corrected chi connectivity index (χ3v) is 4.31. The first kappa shape index (κ1) is 18.1. The molecule has 0 unspecified atom stereocenters. The Hall–Kier alpha value is -2.73. The molecule has 1 fully saturated rings. The van der Waals surface area contributed by atoms with E-state index in [2.05, 4.69) is 9.97 Å². The molecule has 3 aromatic rings. The quantitative estimate of drug-likeness (QED) is 0.711. The lowest BCUT2D eigenvalue weighted by atomic mass is 10.1. The van der Waals surface area contributed by atoms with E-state index in [1.807, 2.05) is 66.7 Å². The molecule has 6 nitrogen and oxygen atoms in total. The van der Waals surface area contributed by atoms with Gasteiger partial charge in [-0.3, -0.25) is 9.78 Å². The van der Waals surface area contributed by atoms with Crippen molar-refractivity contribution in [2.24, 2.45) is 0 Å². The molecule has 0 bridgehead atoms. The van der Waals surface area contributed by atoms with E-state index in [1.165, 1.54) is 0 Å². The summed E-state index contributed by atoms with van der Waals surface area (Å²) in [6.07, 6.45) is 5.55. The lowest BCUT2D eigenvalue weighted by Crippen LogP contribution is -2.40. The van der Waals surface area contributed by atoms with E-state index >= 15 is 0 Å². The van der Waals surface area contributed by atoms with Gasteiger partial charge < -0.3 is 14.0 Å². The molecule has 4 rings (SSSR count). The Kier molecular flexibility index (Phi) is 5.63. The maximum atomic E-state index is 12.5. The molecule has 136 valence electrons. The maximum Gasteiger partial charge on any atom is 0.254 e. The molecule has 0 radical (unpaired) electrons. The Balaban J connectivity index is 0.000000948. The lowest BCUT2D eigenvalue weighted by molar-refractivity contribution is 0.0303. The minimum absolute atomic E-state index is 0.0544. The number of morpholine rings is 1. The fourth-order valence-corrected chi connectivity index (χ4v) is 2.89. The van der Waals surface area contributed by atoms with E-state index in [-0.39, 0.29) is 5.91 Å². The van der Waals surface area contributed by atoms with Crippen LogP contribution in [0.4, 0.5) is 0 Å². The van der Waals surface area contributed by atoms with Gasteiger partial charge in [-0.2, -0.15) is 0 Å². The van der Waals surface area contributed by atoms with Crippen LogP contribution >= 0.6 is 0 Å². The second-order valence-electron chi connectivity index (χ2n) is 5.88. The average Bonchev–Trinajstić information content (AvgIpc) is 3.10. The summed E-state index contributed by atoms with van der Waals surface area (Å²) in [6, 6.07) is 7.60. The summed E-state index contributed by atoms with van der Waals surface area (Å²) in [5, 5.41) is 0. The van der Waals surface area contributed by atoms with Crippen molar-refractivity contribution < 1.29 is 9.53 Å². The van der Waals surface area contributed by atoms with Gasteiger partial charge in [-0.25, -0.2) is 4.98 Å². The number of aromatic nitrogens is 3. The fourth-order valence-electron chi connectivity index (χ4n) is 2.89. The predicted octanol–water partition coefficient (Wildman–Crippen LogP) is 3.20. The number of ether oxygens (including phenoxy) is 1. The molecule has 3 heterocycles. The molecular formula is C20H24N4O2. The van der Waals surface area contributed by atoms with Crippen molar-refractivity contribution >= 4 is 11.6 Å². The maximum absolute atomic E-state index is 12.5. The van der Waals surface area contributed by atoms with E-state index in [9.17, 15) is 4.79 Å². The van der Waals surface area contributed by atoms with Crippen LogP contribution in [-0.2, 0) is 4.74 Å². The summed E-state index contributed by atoms with van der Waals surface area (Å²) in [7, 11) is 0. The van der Waals surface area contributed by atoms with Crippen LogP contribution in [0.15, 0.2) is 42.9 Å². The number of aryl methyl sites for hydroxylation is 1. The van der Waals surface area contributed by atoms with Crippen LogP contribution in [0.25, 0.3) is 16.9 Å². The number of hydrogen-bond donors (Lipinski definition) is 0. The number of fused-ring (bicyclic) bond motifs is 1. The third-order valence-electron chi connectivity index (χ3n) is 4.31. The summed E-state index contributed by atoms with van der Waals surface area (Å²) in [6.45, 7) is 8.53. The normalized spacial score (nSPS) is 14.0. The Morgan fingerprint density at radius 1 is 1.04 bits per heavy atom. The summed E-state index contributed by atoms with van der Waals surface area (Å²) in [5.41, 5.74) is 4.42. The Morgan fingerprint density at radius 2 is 1.73 bits per heavy atom. The topological polar surface area (TPSA) is 59.7 Å². The zero-order valence-electron chi connectivity index (χ0n) is 15.5. The SMILES string of the molecule is CC.Cc1cnc2cnc(-c3ccc(C(=O)N4CCOCC4)cc3)cn12. The van der Waals surface area contributed by atoms with E-state index in [4.69, 9.17) is 4.74 Å². The number of nitrogens with zero attached hydrogens (tertiary/aromatic N) is 4. The Labute approximate surface area is 153 Å². The molecule has 6 heteroatoms. The molecule has 1 aromatic carbocycles. The second kappa shape index (κ2) is 8.10. The summed E-state index contributed by atoms with van der Waals surface area (Å²) in [5.74, 6) is 0.0544. The summed E-state index contributed by atoms with van der Waals surface area (Å²) in [4.78, 5) is 23.0. The summed E-state index contributed by atoms with van der Waals surface area (Å²) >= 11 is 0. The van der Waals surface area contributed by atoms with Crippen molar-refractivity contribution in [2.45, 2.75) is 20.8 Å². The van der Waals surface area contributed by atoms with Gasteiger partial charge >= 0.3 is 0 Å². The van der Waals surface area contributed by atoms with Crippen molar-refractivity contribution in [1.82, 2.24) is 19.3 Å². The van der Waals surface area contributed by atoms with Gasteiger partial charge in [0.25, 0.3) is 5.91 Å². The number of amides is 1. The van der Waals surface area contributed by atoms with Gasteiger partial charge in [0.05, 0.1) is 25.1 Å². The number of rotatable bonds is 2. The number of carbonyl (C=O) groups excluding carboxylic acids is 1. The zero-order chi connectivity index (χ0) is 18.5. The molecule has 1 aliphatic rings. The van der Waals surface area contributed by atoms with E-state index < -0.39 is 0 Å². The first-order chi connectivity index (χ1) is 12.7. The molecule has 1 amide bonds. The number of hydrogen-bond acceptors (Lipinski definition) is 4. The number of benzene rings is 1. The van der Waals surface area contributed by atoms with Crippen LogP contribution in [0, 0.1) is 6.92 Å². The molecule has 1 aliphatic heterocycles. The molecular weight excluding hydrogens is 328 g/mol. The minimum atomic E-state index is 0.0544. The van der Waals surface area contributed by atoms with Crippen molar-refractivity contribution in [3.05, 3.63) is 54.1 Å². The van der Waals surface area contributed by atoms with Crippen LogP contribution in [0.1, 0.15) is 29.9 Å². The van der Waals surface area contributed by atoms with E-state index in [0.717, 1.165) is 22.6 Å². The monoisotopic (exact) mass is 352 g/mol. The molecule has 26 heavy (non-hydrogen) atoms. The number of carbonyl (C=O) groups is 1. The van der Waals surface area contributed by atoms with Crippen LogP contribution in [-0.4, -0.2) is 51.5 Å². The molecule has 0 saturated carbocycles. The van der Waals surface area contributed by atoms with Crippen LogP contribution in [0.3, 0.4) is 0 Å². The molecule has 2 aromatic heterocycles. The van der Waals surface area contributed by atoms with E-state index in [0.29, 0.717) is 31.9 Å². The van der Waals surface area contributed by atoms with Gasteiger partial charge in [0, 0.05) is 42.3 Å². The highest BCUT2D eigenvalue weighted by molar-refractivity contribution is 5.94. The third kappa shape index (κ3) is 3.60. The lowest BCUT2D eigenvalue weighted by Gasteiger charge is -2.26. The Bertz CT molecular complexity index is 880. The van der Waals surface area contributed by atoms with Gasteiger partial charge in [0.2, 0.25) is 0 Å². The average molecular weight is 352 g/mol. The van der Waals surface area contributed by atoms with Crippen molar-refractivity contribution in [3.63, 3.8) is 0 Å². The predicted molar refractivity (Wildman–Crippen MR) is 101 cm³/mol. The first-order valence-electron chi connectivity index (χ1n) is 8.99. The standard InChI is InChI=1S/C18H18N4O2.C2H6/c1-13-10-20-17-11-19-16(12-22(13)17)14-2-4-15(5-3-14)18(23)21-6-8-24-9-7-21;1-2/h2-5,10-12H,6-9H2,1H3;1-2H3. The van der Waals surface area contributed by atoms with Gasteiger partial charge in [0.1, 0.15) is 0 Å². The highest BCUT2D eigenvalue weighted by Gasteiger charge is 2.18. The summed E-state index contributed by atoms with van der Waals surface area (Å²) < 4.78 is 7.30. The second-order valence-corrected chi connectivity index (χ2v) is 5.88. The zero-order valence-corrected chi connectivity index (χ0v) is 15.5. The van der Waals surface area contributed by atoms with Gasteiger partial charge in [-0.15, -0.1) is 0 Å². The molecule has 0 spiro atoms. The highest BCUT2D eigenvalue weighted by Crippen LogP contribution is 2.19. The van der Waals surface area contributed by atoms with Crippen LogP contribution < -0.4 is 0 Å². The largest absolute Gasteiger partial charge is 0.378 e. The number of imidazole rings is 1. The highest BCUT2D eigenvalue weighted by atomic mass is 16.5. The fraction of sp³-hybridized carbons (Fsp3) is 0.350. The van der Waals surface area contributed by atoms with Crippen LogP contribution in [0.5, 0.6) is 0 Å². The van der Waals surface area contributed by atoms with Gasteiger partial charge in [0.15, 0.2) is 5.65 Å². The van der Waals surface area contributed by atoms with E-state index in [1.54, 1.807) is 6.20 Å². The smallest absolute Gasteiger partial charge is 0.254 e. The molecule has 1 saturated heterocycles. The van der Waals surface area contributed by atoms with Gasteiger partial charge in [-0.05, 0) is 19.1 Å². The van der Waals surface area contributed by atoms with Crippen molar-refractivity contribution in [1.29, 1.82) is 0 Å². The molecule has 0 N–H and O–H groups in total. The Morgan fingerprint density at radius 3 is 2.42 bits per heavy atom. The van der Waals surface area contributed by atoms with Crippen LogP contribution in [0.2, 0.25) is 0 Å². The molecule has 0 atom stereocenters. The van der Waals surface area contributed by atoms with Gasteiger partial charge in [-0.1, -0.05) is 26.0 Å². The minimum Gasteiger partial charge on any atom is -0.378 e. The first-order valence-corrected chi connectivity index (χ1v) is 8.99.